The minimum atomic E-state index is 0.0916. The van der Waals surface area contributed by atoms with Crippen LogP contribution in [-0.2, 0) is 5.41 Å². The molecular formula is C21H27N3O. The van der Waals surface area contributed by atoms with Crippen LogP contribution in [0.3, 0.4) is 0 Å². The zero-order valence-electron chi connectivity index (χ0n) is 15.5. The third-order valence-corrected chi connectivity index (χ3v) is 6.16. The number of benzene rings is 1. The summed E-state index contributed by atoms with van der Waals surface area (Å²) in [6, 6.07) is 4.93. The van der Waals surface area contributed by atoms with E-state index in [4.69, 9.17) is 9.73 Å². The van der Waals surface area contributed by atoms with Crippen LogP contribution in [0.5, 0.6) is 5.75 Å². The average Bonchev–Trinajstić information content (AvgIpc) is 3.14. The van der Waals surface area contributed by atoms with Gasteiger partial charge in [-0.1, -0.05) is 18.3 Å². The van der Waals surface area contributed by atoms with Crippen molar-refractivity contribution in [3.63, 3.8) is 0 Å². The number of likely N-dealkylation sites (N-methyl/N-ethyl adjacent to an activating group) is 1. The van der Waals surface area contributed by atoms with Crippen LogP contribution < -0.4 is 10.1 Å². The highest BCUT2D eigenvalue weighted by molar-refractivity contribution is 6.01. The lowest BCUT2D eigenvalue weighted by molar-refractivity contribution is 0.303. The Bertz CT molecular complexity index is 767. The number of amidine groups is 1. The number of ether oxygens (including phenoxy) is 1. The first kappa shape index (κ1) is 16.5. The van der Waals surface area contributed by atoms with Gasteiger partial charge in [0.15, 0.2) is 0 Å². The van der Waals surface area contributed by atoms with Crippen molar-refractivity contribution in [1.29, 1.82) is 0 Å². The van der Waals surface area contributed by atoms with E-state index in [9.17, 15) is 0 Å². The summed E-state index contributed by atoms with van der Waals surface area (Å²) < 4.78 is 5.66. The van der Waals surface area contributed by atoms with Gasteiger partial charge in [-0.15, -0.1) is 0 Å². The van der Waals surface area contributed by atoms with E-state index in [0.717, 1.165) is 35.9 Å². The van der Waals surface area contributed by atoms with Crippen molar-refractivity contribution in [3.05, 3.63) is 23.3 Å². The largest absolute Gasteiger partial charge is 0.495 e. The minimum Gasteiger partial charge on any atom is -0.495 e. The Morgan fingerprint density at radius 2 is 2.20 bits per heavy atom. The van der Waals surface area contributed by atoms with Gasteiger partial charge in [0.1, 0.15) is 11.6 Å². The van der Waals surface area contributed by atoms with Gasteiger partial charge in [0.05, 0.1) is 30.3 Å². The van der Waals surface area contributed by atoms with Gasteiger partial charge in [0.2, 0.25) is 0 Å². The van der Waals surface area contributed by atoms with Crippen LogP contribution in [0.15, 0.2) is 17.1 Å². The van der Waals surface area contributed by atoms with Gasteiger partial charge in [-0.2, -0.15) is 0 Å². The van der Waals surface area contributed by atoms with E-state index in [1.54, 1.807) is 7.11 Å². The molecule has 1 saturated heterocycles. The molecule has 132 valence electrons. The summed E-state index contributed by atoms with van der Waals surface area (Å²) in [5, 5.41) is 3.31. The first-order valence-corrected chi connectivity index (χ1v) is 9.40. The summed E-state index contributed by atoms with van der Waals surface area (Å²) >= 11 is 0. The molecule has 2 fully saturated rings. The van der Waals surface area contributed by atoms with Crippen LogP contribution in [0.25, 0.3) is 0 Å². The van der Waals surface area contributed by atoms with Crippen LogP contribution >= 0.6 is 0 Å². The van der Waals surface area contributed by atoms with Crippen LogP contribution in [0.4, 0.5) is 5.69 Å². The Morgan fingerprint density at radius 1 is 1.36 bits per heavy atom. The maximum atomic E-state index is 5.66. The van der Waals surface area contributed by atoms with Gasteiger partial charge in [0.25, 0.3) is 0 Å². The molecule has 4 rings (SSSR count). The fourth-order valence-electron chi connectivity index (χ4n) is 4.46. The number of methoxy groups -OCH3 is 1. The zero-order valence-corrected chi connectivity index (χ0v) is 15.5. The molecule has 1 saturated carbocycles. The van der Waals surface area contributed by atoms with Crippen LogP contribution in [0.1, 0.15) is 50.2 Å². The molecule has 1 aromatic carbocycles. The molecule has 25 heavy (non-hydrogen) atoms. The average molecular weight is 337 g/mol. The summed E-state index contributed by atoms with van der Waals surface area (Å²) in [5.74, 6) is 8.66. The molecule has 1 N–H and O–H groups in total. The molecule has 2 heterocycles. The fourth-order valence-corrected chi connectivity index (χ4v) is 4.46. The molecule has 0 aromatic heterocycles. The SMILES string of the molecule is CNC1=Nc2cc(C#CCN3CCC[C@@H]3C)c(OC)cc2C12CCC2. The Labute approximate surface area is 150 Å². The Kier molecular flexibility index (Phi) is 4.21. The second kappa shape index (κ2) is 6.38. The molecule has 0 unspecified atom stereocenters. The second-order valence-corrected chi connectivity index (χ2v) is 7.48. The Hall–Kier alpha value is -1.99. The number of hydrogen-bond donors (Lipinski definition) is 1. The lowest BCUT2D eigenvalue weighted by Crippen LogP contribution is -2.45. The smallest absolute Gasteiger partial charge is 0.134 e. The Balaban J connectivity index is 1.63. The van der Waals surface area contributed by atoms with Crippen molar-refractivity contribution in [2.24, 2.45) is 4.99 Å². The van der Waals surface area contributed by atoms with Gasteiger partial charge < -0.3 is 10.1 Å². The third kappa shape index (κ3) is 2.62. The van der Waals surface area contributed by atoms with E-state index in [1.807, 2.05) is 7.05 Å². The topological polar surface area (TPSA) is 36.9 Å². The van der Waals surface area contributed by atoms with Crippen molar-refractivity contribution < 1.29 is 4.74 Å². The van der Waals surface area contributed by atoms with E-state index < -0.39 is 0 Å². The summed E-state index contributed by atoms with van der Waals surface area (Å²) in [7, 11) is 3.71. The van der Waals surface area contributed by atoms with Crippen LogP contribution in [0.2, 0.25) is 0 Å². The molecule has 3 aliphatic rings. The number of hydrogen-bond acceptors (Lipinski definition) is 4. The van der Waals surface area contributed by atoms with E-state index >= 15 is 0 Å². The van der Waals surface area contributed by atoms with E-state index in [0.29, 0.717) is 6.04 Å². The number of nitrogens with one attached hydrogen (secondary N) is 1. The van der Waals surface area contributed by atoms with Gasteiger partial charge in [-0.05, 0) is 56.8 Å². The molecule has 1 spiro atoms. The molecule has 0 amide bonds. The van der Waals surface area contributed by atoms with Crippen molar-refractivity contribution >= 4 is 11.5 Å². The molecule has 0 radical (unpaired) electrons. The minimum absolute atomic E-state index is 0.0916. The number of rotatable bonds is 2. The highest BCUT2D eigenvalue weighted by Crippen LogP contribution is 2.53. The van der Waals surface area contributed by atoms with Crippen molar-refractivity contribution in [2.45, 2.75) is 50.5 Å². The highest BCUT2D eigenvalue weighted by atomic mass is 16.5. The Morgan fingerprint density at radius 3 is 2.80 bits per heavy atom. The molecule has 2 aliphatic heterocycles. The van der Waals surface area contributed by atoms with E-state index in [1.165, 1.54) is 37.7 Å². The molecule has 4 heteroatoms. The third-order valence-electron chi connectivity index (χ3n) is 6.16. The fraction of sp³-hybridized carbons (Fsp3) is 0.571. The zero-order chi connectivity index (χ0) is 17.4. The first-order chi connectivity index (χ1) is 12.2. The van der Waals surface area contributed by atoms with E-state index in [-0.39, 0.29) is 5.41 Å². The lowest BCUT2D eigenvalue weighted by atomic mass is 9.64. The molecule has 1 aliphatic carbocycles. The van der Waals surface area contributed by atoms with Crippen LogP contribution in [-0.4, -0.2) is 44.0 Å². The predicted octanol–water partition coefficient (Wildman–Crippen LogP) is 3.22. The molecular weight excluding hydrogens is 310 g/mol. The maximum Gasteiger partial charge on any atom is 0.134 e. The summed E-state index contributed by atoms with van der Waals surface area (Å²) in [6.07, 6.45) is 6.17. The monoisotopic (exact) mass is 337 g/mol. The summed E-state index contributed by atoms with van der Waals surface area (Å²) in [4.78, 5) is 7.30. The number of likely N-dealkylation sites (tertiary alicyclic amines) is 1. The highest BCUT2D eigenvalue weighted by Gasteiger charge is 2.48. The van der Waals surface area contributed by atoms with Gasteiger partial charge >= 0.3 is 0 Å². The number of aliphatic imine (C=N–C) groups is 1. The molecule has 4 nitrogen and oxygen atoms in total. The van der Waals surface area contributed by atoms with Crippen molar-refractivity contribution in [2.75, 3.05) is 27.2 Å². The van der Waals surface area contributed by atoms with Gasteiger partial charge in [-0.25, -0.2) is 4.99 Å². The van der Waals surface area contributed by atoms with Gasteiger partial charge in [-0.3, -0.25) is 4.90 Å². The summed E-state index contributed by atoms with van der Waals surface area (Å²) in [5.41, 5.74) is 3.40. The normalized spacial score (nSPS) is 23.5. The second-order valence-electron chi connectivity index (χ2n) is 7.48. The predicted molar refractivity (Wildman–Crippen MR) is 102 cm³/mol. The standard InChI is InChI=1S/C21H27N3O/c1-15-7-4-11-24(15)12-5-8-16-13-18-17(14-19(16)25-3)21(9-6-10-21)20(22-2)23-18/h13-15H,4,6-7,9-12H2,1-3H3,(H,22,23)/t15-/m0/s1. The van der Waals surface area contributed by atoms with Crippen LogP contribution in [0, 0.1) is 11.8 Å². The lowest BCUT2D eigenvalue weighted by Gasteiger charge is -2.40. The van der Waals surface area contributed by atoms with Crippen molar-refractivity contribution in [1.82, 2.24) is 10.2 Å². The number of nitrogens with zero attached hydrogens (tertiary/aromatic N) is 2. The molecule has 0 bridgehead atoms. The van der Waals surface area contributed by atoms with E-state index in [2.05, 4.69) is 41.1 Å². The quantitative estimate of drug-likeness (QED) is 0.842. The first-order valence-electron chi connectivity index (χ1n) is 9.40. The van der Waals surface area contributed by atoms with Gasteiger partial charge in [0, 0.05) is 13.1 Å². The van der Waals surface area contributed by atoms with Crippen molar-refractivity contribution in [3.8, 4) is 17.6 Å². The molecule has 1 atom stereocenters. The number of fused-ring (bicyclic) bond motifs is 2. The molecule has 1 aromatic rings. The maximum absolute atomic E-state index is 5.66. The summed E-state index contributed by atoms with van der Waals surface area (Å²) in [6.45, 7) is 4.28.